The summed E-state index contributed by atoms with van der Waals surface area (Å²) in [6.07, 6.45) is 4.33. The van der Waals surface area contributed by atoms with Crippen molar-refractivity contribution >= 4 is 23.3 Å². The minimum atomic E-state index is -1.02. The molecule has 2 aliphatic carbocycles. The first-order valence-corrected chi connectivity index (χ1v) is 8.05. The van der Waals surface area contributed by atoms with Crippen molar-refractivity contribution in [3.05, 3.63) is 40.5 Å². The molecule has 0 aromatic heterocycles. The summed E-state index contributed by atoms with van der Waals surface area (Å²) in [6.45, 7) is 2.12. The molecule has 1 aromatic carbocycles. The maximum Gasteiger partial charge on any atom is 0.307 e. The fourth-order valence-corrected chi connectivity index (χ4v) is 3.76. The number of carbonyl (C=O) groups is 2. The Kier molecular flexibility index (Phi) is 4.43. The van der Waals surface area contributed by atoms with Crippen LogP contribution in [-0.2, 0) is 9.59 Å². The number of carboxylic acids is 1. The number of ether oxygens (including phenoxy) is 1. The molecule has 1 saturated carbocycles. The van der Waals surface area contributed by atoms with E-state index >= 15 is 0 Å². The molecule has 4 atom stereocenters. The summed E-state index contributed by atoms with van der Waals surface area (Å²) >= 11 is 0. The second-order valence-electron chi connectivity index (χ2n) is 6.20. The summed E-state index contributed by atoms with van der Waals surface area (Å²) in [5.74, 6) is -3.01. The standard InChI is InChI=1S/C17H18N2O6/c1-2-25-11-5-6-12(13(8-11)19(23)24)18-16(20)14-9-3-4-10(7-9)15(14)17(21)22/h3-6,8-10,14-15H,2,7H2,1H3,(H,18,20)(H,21,22)/t9-,10-,14+,15+/m0/s1. The quantitative estimate of drug-likeness (QED) is 0.464. The molecule has 1 amide bonds. The molecule has 2 aliphatic rings. The van der Waals surface area contributed by atoms with Gasteiger partial charge in [-0.25, -0.2) is 0 Å². The molecule has 0 spiro atoms. The van der Waals surface area contributed by atoms with E-state index in [1.807, 2.05) is 12.2 Å². The van der Waals surface area contributed by atoms with Gasteiger partial charge in [-0.3, -0.25) is 19.7 Å². The zero-order valence-electron chi connectivity index (χ0n) is 13.5. The summed E-state index contributed by atoms with van der Waals surface area (Å²) in [6, 6.07) is 4.18. The minimum absolute atomic E-state index is 0.0364. The molecule has 132 valence electrons. The first kappa shape index (κ1) is 16.9. The number of anilines is 1. The number of carboxylic acid groups (broad SMARTS) is 1. The topological polar surface area (TPSA) is 119 Å². The van der Waals surface area contributed by atoms with Crippen molar-refractivity contribution in [1.82, 2.24) is 0 Å². The summed E-state index contributed by atoms with van der Waals surface area (Å²) in [4.78, 5) is 34.8. The van der Waals surface area contributed by atoms with Crippen LogP contribution < -0.4 is 10.1 Å². The van der Waals surface area contributed by atoms with Crippen LogP contribution in [0.15, 0.2) is 30.4 Å². The van der Waals surface area contributed by atoms with Crippen molar-refractivity contribution in [3.63, 3.8) is 0 Å². The molecule has 0 saturated heterocycles. The van der Waals surface area contributed by atoms with Crippen molar-refractivity contribution in [2.24, 2.45) is 23.7 Å². The van der Waals surface area contributed by atoms with Gasteiger partial charge in [0.05, 0.1) is 29.4 Å². The lowest BCUT2D eigenvalue weighted by Crippen LogP contribution is -2.36. The number of allylic oxidation sites excluding steroid dienone is 2. The monoisotopic (exact) mass is 346 g/mol. The normalized spacial score (nSPS) is 26.4. The van der Waals surface area contributed by atoms with E-state index in [0.29, 0.717) is 18.8 Å². The zero-order valence-corrected chi connectivity index (χ0v) is 13.5. The van der Waals surface area contributed by atoms with E-state index in [4.69, 9.17) is 4.74 Å². The first-order valence-electron chi connectivity index (χ1n) is 8.05. The Bertz CT molecular complexity index is 760. The molecule has 0 unspecified atom stereocenters. The lowest BCUT2D eigenvalue weighted by molar-refractivity contribution is -0.384. The maximum atomic E-state index is 12.6. The predicted octanol–water partition coefficient (Wildman–Crippen LogP) is 2.45. The highest BCUT2D eigenvalue weighted by molar-refractivity contribution is 5.98. The second kappa shape index (κ2) is 6.54. The third kappa shape index (κ3) is 3.07. The SMILES string of the molecule is CCOc1ccc(NC(=O)[C@H]2[C@H](C(=O)O)[C@H]3C=C[C@H]2C3)c([N+](=O)[O-])c1. The van der Waals surface area contributed by atoms with E-state index < -0.39 is 28.6 Å². The number of fused-ring (bicyclic) bond motifs is 2. The summed E-state index contributed by atoms with van der Waals surface area (Å²) in [5, 5.41) is 23.2. The van der Waals surface area contributed by atoms with Crippen LogP contribution in [0.5, 0.6) is 5.75 Å². The van der Waals surface area contributed by atoms with Crippen LogP contribution in [0.1, 0.15) is 13.3 Å². The van der Waals surface area contributed by atoms with Crippen molar-refractivity contribution in [1.29, 1.82) is 0 Å². The molecule has 2 N–H and O–H groups in total. The van der Waals surface area contributed by atoms with Crippen molar-refractivity contribution in [3.8, 4) is 5.75 Å². The van der Waals surface area contributed by atoms with Gasteiger partial charge in [0.15, 0.2) is 0 Å². The second-order valence-corrected chi connectivity index (χ2v) is 6.20. The van der Waals surface area contributed by atoms with Crippen molar-refractivity contribution in [2.45, 2.75) is 13.3 Å². The fraction of sp³-hybridized carbons (Fsp3) is 0.412. The van der Waals surface area contributed by atoms with Gasteiger partial charge in [-0.05, 0) is 37.3 Å². The minimum Gasteiger partial charge on any atom is -0.494 e. The number of hydrogen-bond donors (Lipinski definition) is 2. The van der Waals surface area contributed by atoms with Crippen molar-refractivity contribution in [2.75, 3.05) is 11.9 Å². The Hall–Kier alpha value is -2.90. The predicted molar refractivity (Wildman–Crippen MR) is 88.2 cm³/mol. The Morgan fingerprint density at radius 1 is 1.32 bits per heavy atom. The zero-order chi connectivity index (χ0) is 18.1. The van der Waals surface area contributed by atoms with Crippen LogP contribution in [0.4, 0.5) is 11.4 Å². The summed E-state index contributed by atoms with van der Waals surface area (Å²) in [5.41, 5.74) is -0.251. The number of nitro groups is 1. The van der Waals surface area contributed by atoms with Gasteiger partial charge < -0.3 is 15.2 Å². The number of nitrogens with zero attached hydrogens (tertiary/aromatic N) is 1. The number of benzene rings is 1. The number of rotatable bonds is 6. The molecule has 1 aromatic rings. The Labute approximate surface area is 143 Å². The van der Waals surface area contributed by atoms with Crippen LogP contribution in [0, 0.1) is 33.8 Å². The summed E-state index contributed by atoms with van der Waals surface area (Å²) in [7, 11) is 0. The average molecular weight is 346 g/mol. The van der Waals surface area contributed by atoms with E-state index in [1.54, 1.807) is 6.92 Å². The van der Waals surface area contributed by atoms with Crippen LogP contribution in [0.25, 0.3) is 0 Å². The number of aliphatic carboxylic acids is 1. The van der Waals surface area contributed by atoms with Gasteiger partial charge in [-0.2, -0.15) is 0 Å². The number of carbonyl (C=O) groups excluding carboxylic acids is 1. The highest BCUT2D eigenvalue weighted by atomic mass is 16.6. The van der Waals surface area contributed by atoms with Crippen LogP contribution in [-0.4, -0.2) is 28.5 Å². The fourth-order valence-electron chi connectivity index (χ4n) is 3.76. The van der Waals surface area contributed by atoms with Gasteiger partial charge in [-0.1, -0.05) is 12.2 Å². The largest absolute Gasteiger partial charge is 0.494 e. The number of hydrogen-bond acceptors (Lipinski definition) is 5. The highest BCUT2D eigenvalue weighted by Crippen LogP contribution is 2.48. The molecule has 0 radical (unpaired) electrons. The lowest BCUT2D eigenvalue weighted by atomic mass is 9.82. The molecular formula is C17H18N2O6. The molecule has 8 nitrogen and oxygen atoms in total. The van der Waals surface area contributed by atoms with Crippen LogP contribution in [0.3, 0.4) is 0 Å². The number of amides is 1. The van der Waals surface area contributed by atoms with Crippen LogP contribution in [0.2, 0.25) is 0 Å². The van der Waals surface area contributed by atoms with Gasteiger partial charge in [0, 0.05) is 0 Å². The molecule has 0 heterocycles. The number of nitro benzene ring substituents is 1. The molecular weight excluding hydrogens is 328 g/mol. The van der Waals surface area contributed by atoms with Crippen molar-refractivity contribution < 1.29 is 24.4 Å². The molecule has 3 rings (SSSR count). The van der Waals surface area contributed by atoms with E-state index in [-0.39, 0.29) is 23.2 Å². The lowest BCUT2D eigenvalue weighted by Gasteiger charge is -2.23. The van der Waals surface area contributed by atoms with E-state index in [9.17, 15) is 24.8 Å². The number of nitrogens with one attached hydrogen (secondary N) is 1. The Balaban J connectivity index is 1.84. The average Bonchev–Trinajstić information content (AvgIpc) is 3.17. The van der Waals surface area contributed by atoms with Gasteiger partial charge in [0.1, 0.15) is 11.4 Å². The highest BCUT2D eigenvalue weighted by Gasteiger charge is 2.51. The Morgan fingerprint density at radius 3 is 2.60 bits per heavy atom. The third-order valence-electron chi connectivity index (χ3n) is 4.78. The molecule has 2 bridgehead atoms. The van der Waals surface area contributed by atoms with Gasteiger partial charge in [-0.15, -0.1) is 0 Å². The van der Waals surface area contributed by atoms with Gasteiger partial charge >= 0.3 is 5.97 Å². The molecule has 0 aliphatic heterocycles. The molecule has 1 fully saturated rings. The first-order chi connectivity index (χ1) is 11.9. The van der Waals surface area contributed by atoms with Gasteiger partial charge in [0.2, 0.25) is 5.91 Å². The third-order valence-corrected chi connectivity index (χ3v) is 4.78. The molecule has 8 heteroatoms. The summed E-state index contributed by atoms with van der Waals surface area (Å²) < 4.78 is 5.24. The van der Waals surface area contributed by atoms with E-state index in [1.165, 1.54) is 18.2 Å². The van der Waals surface area contributed by atoms with E-state index in [0.717, 1.165) is 0 Å². The Morgan fingerprint density at radius 2 is 2.00 bits per heavy atom. The smallest absolute Gasteiger partial charge is 0.307 e. The molecule has 25 heavy (non-hydrogen) atoms. The van der Waals surface area contributed by atoms with Gasteiger partial charge in [0.25, 0.3) is 5.69 Å². The van der Waals surface area contributed by atoms with E-state index in [2.05, 4.69) is 5.32 Å². The van der Waals surface area contributed by atoms with Crippen LogP contribution >= 0.6 is 0 Å². The maximum absolute atomic E-state index is 12.6.